The summed E-state index contributed by atoms with van der Waals surface area (Å²) in [6.45, 7) is 4.76. The van der Waals surface area contributed by atoms with E-state index in [0.29, 0.717) is 19.0 Å². The van der Waals surface area contributed by atoms with Crippen molar-refractivity contribution in [1.29, 1.82) is 0 Å². The third-order valence-electron chi connectivity index (χ3n) is 6.10. The number of likely N-dealkylation sites (tertiary alicyclic amines) is 2. The second-order valence-corrected chi connectivity index (χ2v) is 7.95. The van der Waals surface area contributed by atoms with Crippen molar-refractivity contribution in [3.63, 3.8) is 0 Å². The van der Waals surface area contributed by atoms with E-state index in [0.717, 1.165) is 44.7 Å². The Morgan fingerprint density at radius 2 is 1.57 bits per heavy atom. The van der Waals surface area contributed by atoms with Crippen LogP contribution in [0.25, 0.3) is 0 Å². The van der Waals surface area contributed by atoms with Gasteiger partial charge >= 0.3 is 0 Å². The van der Waals surface area contributed by atoms with Crippen molar-refractivity contribution < 1.29 is 9.59 Å². The predicted molar refractivity (Wildman–Crippen MR) is 90.9 cm³/mol. The molecule has 0 aromatic rings. The van der Waals surface area contributed by atoms with Crippen LogP contribution in [0.3, 0.4) is 0 Å². The molecule has 0 unspecified atom stereocenters. The number of carbonyl (C=O) groups excluding carboxylic acids is 2. The SMILES string of the molecule is CC1CCC(N2C[C@@H](C(=O)N3CCCCCCC3)CC2=O)CC1. The maximum atomic E-state index is 12.8. The molecule has 0 spiro atoms. The molecule has 0 N–H and O–H groups in total. The Hall–Kier alpha value is -1.06. The summed E-state index contributed by atoms with van der Waals surface area (Å²) < 4.78 is 0. The van der Waals surface area contributed by atoms with Gasteiger partial charge in [0.2, 0.25) is 11.8 Å². The van der Waals surface area contributed by atoms with Crippen LogP contribution in [0.4, 0.5) is 0 Å². The van der Waals surface area contributed by atoms with E-state index in [1.54, 1.807) is 0 Å². The molecule has 4 heteroatoms. The van der Waals surface area contributed by atoms with Crippen LogP contribution in [0, 0.1) is 11.8 Å². The van der Waals surface area contributed by atoms with E-state index < -0.39 is 0 Å². The molecule has 0 bridgehead atoms. The normalized spacial score (nSPS) is 33.4. The van der Waals surface area contributed by atoms with Crippen LogP contribution in [-0.4, -0.2) is 47.3 Å². The number of hydrogen-bond donors (Lipinski definition) is 0. The van der Waals surface area contributed by atoms with Gasteiger partial charge in [0, 0.05) is 32.1 Å². The molecule has 2 saturated heterocycles. The first-order chi connectivity index (χ1) is 11.1. The van der Waals surface area contributed by atoms with Gasteiger partial charge in [0.1, 0.15) is 0 Å². The van der Waals surface area contributed by atoms with Crippen LogP contribution in [-0.2, 0) is 9.59 Å². The van der Waals surface area contributed by atoms with E-state index >= 15 is 0 Å². The Kier molecular flexibility index (Phi) is 5.60. The van der Waals surface area contributed by atoms with Crippen LogP contribution in [0.2, 0.25) is 0 Å². The van der Waals surface area contributed by atoms with Crippen molar-refractivity contribution in [2.45, 2.75) is 77.2 Å². The standard InChI is InChI=1S/C19H32N2O2/c1-15-7-9-17(10-8-15)21-14-16(13-18(21)22)19(23)20-11-5-3-2-4-6-12-20/h15-17H,2-14H2,1H3/t15?,16-,17?/m0/s1. The zero-order chi connectivity index (χ0) is 16.2. The van der Waals surface area contributed by atoms with Crippen molar-refractivity contribution in [2.75, 3.05) is 19.6 Å². The molecule has 4 nitrogen and oxygen atoms in total. The van der Waals surface area contributed by atoms with Crippen molar-refractivity contribution in [2.24, 2.45) is 11.8 Å². The highest BCUT2D eigenvalue weighted by Gasteiger charge is 2.40. The van der Waals surface area contributed by atoms with Gasteiger partial charge in [-0.1, -0.05) is 26.2 Å². The lowest BCUT2D eigenvalue weighted by atomic mass is 9.86. The van der Waals surface area contributed by atoms with Crippen molar-refractivity contribution in [3.8, 4) is 0 Å². The van der Waals surface area contributed by atoms with Gasteiger partial charge in [-0.3, -0.25) is 9.59 Å². The van der Waals surface area contributed by atoms with Crippen molar-refractivity contribution in [1.82, 2.24) is 9.80 Å². The van der Waals surface area contributed by atoms with Gasteiger partial charge in [0.05, 0.1) is 5.92 Å². The first-order valence-corrected chi connectivity index (χ1v) is 9.73. The summed E-state index contributed by atoms with van der Waals surface area (Å²) in [6.07, 6.45) is 11.2. The highest BCUT2D eigenvalue weighted by molar-refractivity contribution is 5.89. The van der Waals surface area contributed by atoms with Crippen LogP contribution >= 0.6 is 0 Å². The van der Waals surface area contributed by atoms with Crippen molar-refractivity contribution in [3.05, 3.63) is 0 Å². The van der Waals surface area contributed by atoms with Gasteiger partial charge in [-0.05, 0) is 44.4 Å². The average Bonchev–Trinajstić information content (AvgIpc) is 2.89. The molecule has 23 heavy (non-hydrogen) atoms. The van der Waals surface area contributed by atoms with Gasteiger partial charge in [-0.15, -0.1) is 0 Å². The van der Waals surface area contributed by atoms with Gasteiger partial charge in [0.25, 0.3) is 0 Å². The van der Waals surface area contributed by atoms with Crippen molar-refractivity contribution >= 4 is 11.8 Å². The fraction of sp³-hybridized carbons (Fsp3) is 0.895. The Bertz CT molecular complexity index is 421. The van der Waals surface area contributed by atoms with Crippen LogP contribution < -0.4 is 0 Å². The molecular weight excluding hydrogens is 288 g/mol. The molecule has 130 valence electrons. The summed E-state index contributed by atoms with van der Waals surface area (Å²) in [7, 11) is 0. The first-order valence-electron chi connectivity index (χ1n) is 9.73. The fourth-order valence-corrected chi connectivity index (χ4v) is 4.53. The predicted octanol–water partition coefficient (Wildman–Crippen LogP) is 3.21. The first kappa shape index (κ1) is 16.8. The second kappa shape index (κ2) is 7.67. The summed E-state index contributed by atoms with van der Waals surface area (Å²) in [5.41, 5.74) is 0. The van der Waals surface area contributed by atoms with Gasteiger partial charge in [0.15, 0.2) is 0 Å². The molecule has 2 amide bonds. The summed E-state index contributed by atoms with van der Waals surface area (Å²) in [6, 6.07) is 0.392. The number of carbonyl (C=O) groups is 2. The molecule has 1 atom stereocenters. The van der Waals surface area contributed by atoms with Crippen LogP contribution in [0.5, 0.6) is 0 Å². The molecule has 3 aliphatic rings. The molecule has 0 aromatic carbocycles. The number of hydrogen-bond acceptors (Lipinski definition) is 2. The minimum Gasteiger partial charge on any atom is -0.342 e. The Morgan fingerprint density at radius 3 is 2.22 bits per heavy atom. The highest BCUT2D eigenvalue weighted by atomic mass is 16.2. The molecule has 2 heterocycles. The smallest absolute Gasteiger partial charge is 0.227 e. The van der Waals surface area contributed by atoms with Gasteiger partial charge in [-0.2, -0.15) is 0 Å². The molecule has 1 saturated carbocycles. The van der Waals surface area contributed by atoms with Crippen LogP contribution in [0.15, 0.2) is 0 Å². The zero-order valence-corrected chi connectivity index (χ0v) is 14.6. The van der Waals surface area contributed by atoms with E-state index in [4.69, 9.17) is 0 Å². The zero-order valence-electron chi connectivity index (χ0n) is 14.6. The quantitative estimate of drug-likeness (QED) is 0.784. The lowest BCUT2D eigenvalue weighted by Crippen LogP contribution is -2.41. The maximum Gasteiger partial charge on any atom is 0.227 e. The van der Waals surface area contributed by atoms with Gasteiger partial charge < -0.3 is 9.80 Å². The Labute approximate surface area is 140 Å². The third-order valence-corrected chi connectivity index (χ3v) is 6.10. The maximum absolute atomic E-state index is 12.8. The third kappa shape index (κ3) is 4.07. The fourth-order valence-electron chi connectivity index (χ4n) is 4.53. The molecular formula is C19H32N2O2. The number of amides is 2. The molecule has 3 fully saturated rings. The summed E-state index contributed by atoms with van der Waals surface area (Å²) >= 11 is 0. The van der Waals surface area contributed by atoms with Crippen LogP contribution in [0.1, 0.15) is 71.1 Å². The number of nitrogens with zero attached hydrogens (tertiary/aromatic N) is 2. The minimum atomic E-state index is -0.0822. The van der Waals surface area contributed by atoms with E-state index in [1.807, 2.05) is 9.80 Å². The lowest BCUT2D eigenvalue weighted by molar-refractivity contribution is -0.136. The van der Waals surface area contributed by atoms with Gasteiger partial charge in [-0.25, -0.2) is 0 Å². The lowest BCUT2D eigenvalue weighted by Gasteiger charge is -2.34. The Balaban J connectivity index is 1.56. The van der Waals surface area contributed by atoms with E-state index in [2.05, 4.69) is 6.92 Å². The van der Waals surface area contributed by atoms with E-state index in [9.17, 15) is 9.59 Å². The van der Waals surface area contributed by atoms with E-state index in [1.165, 1.54) is 32.1 Å². The summed E-state index contributed by atoms with van der Waals surface area (Å²) in [4.78, 5) is 29.4. The largest absolute Gasteiger partial charge is 0.342 e. The molecule has 1 aliphatic carbocycles. The molecule has 0 radical (unpaired) electrons. The topological polar surface area (TPSA) is 40.6 Å². The highest BCUT2D eigenvalue weighted by Crippen LogP contribution is 2.32. The summed E-state index contributed by atoms with van der Waals surface area (Å²) in [5, 5.41) is 0. The van der Waals surface area contributed by atoms with E-state index in [-0.39, 0.29) is 17.7 Å². The monoisotopic (exact) mass is 320 g/mol. The molecule has 2 aliphatic heterocycles. The second-order valence-electron chi connectivity index (χ2n) is 7.95. The minimum absolute atomic E-state index is 0.0822. The molecule has 0 aromatic heterocycles. The average molecular weight is 320 g/mol. The Morgan fingerprint density at radius 1 is 0.957 bits per heavy atom. The summed E-state index contributed by atoms with van der Waals surface area (Å²) in [5.74, 6) is 1.17. The number of rotatable bonds is 2. The molecule has 3 rings (SSSR count).